The standard InChI is InChI=1S/C31H37NO5/c1-21-17-27(36-16-8-15-32(30(34)35)31(4,5)6)18-22(2)29(21)28-10-7-9-25(23(28)3)20-37-26-13-11-24(19-33)12-14-26/h7,9-14,17-19H,8,15-16,20H2,1-6H3,(H,34,35). The molecule has 0 spiro atoms. The molecule has 0 aliphatic heterocycles. The van der Waals surface area contributed by atoms with E-state index in [0.717, 1.165) is 45.6 Å². The fourth-order valence-electron chi connectivity index (χ4n) is 4.48. The Labute approximate surface area is 219 Å². The summed E-state index contributed by atoms with van der Waals surface area (Å²) in [6.45, 7) is 13.2. The molecule has 6 heteroatoms. The van der Waals surface area contributed by atoms with E-state index in [2.05, 4.69) is 32.9 Å². The number of amides is 1. The van der Waals surface area contributed by atoms with Crippen LogP contribution in [0, 0.1) is 20.8 Å². The first-order valence-electron chi connectivity index (χ1n) is 12.5. The smallest absolute Gasteiger partial charge is 0.407 e. The van der Waals surface area contributed by atoms with Gasteiger partial charge in [0.15, 0.2) is 0 Å². The van der Waals surface area contributed by atoms with E-state index in [0.29, 0.717) is 31.7 Å². The second kappa shape index (κ2) is 12.0. The fourth-order valence-corrected chi connectivity index (χ4v) is 4.48. The van der Waals surface area contributed by atoms with Crippen LogP contribution in [0.1, 0.15) is 59.8 Å². The summed E-state index contributed by atoms with van der Waals surface area (Å²) in [4.78, 5) is 23.8. The molecular formula is C31H37NO5. The number of hydrogen-bond donors (Lipinski definition) is 1. The molecule has 0 aliphatic rings. The lowest BCUT2D eigenvalue weighted by Crippen LogP contribution is -2.45. The van der Waals surface area contributed by atoms with Gasteiger partial charge in [0.05, 0.1) is 6.61 Å². The van der Waals surface area contributed by atoms with E-state index < -0.39 is 11.6 Å². The summed E-state index contributed by atoms with van der Waals surface area (Å²) in [5.74, 6) is 1.51. The zero-order chi connectivity index (χ0) is 27.2. The summed E-state index contributed by atoms with van der Waals surface area (Å²) in [7, 11) is 0. The van der Waals surface area contributed by atoms with E-state index in [-0.39, 0.29) is 0 Å². The zero-order valence-corrected chi connectivity index (χ0v) is 22.6. The highest BCUT2D eigenvalue weighted by atomic mass is 16.5. The van der Waals surface area contributed by atoms with Crippen LogP contribution in [0.25, 0.3) is 11.1 Å². The predicted octanol–water partition coefficient (Wildman–Crippen LogP) is 7.22. The minimum atomic E-state index is -0.914. The molecule has 0 radical (unpaired) electrons. The SMILES string of the molecule is Cc1cc(OCCCN(C(=O)O)C(C)(C)C)cc(C)c1-c1cccc(COc2ccc(C=O)cc2)c1C. The van der Waals surface area contributed by atoms with Crippen molar-refractivity contribution < 1.29 is 24.2 Å². The first-order valence-corrected chi connectivity index (χ1v) is 12.5. The highest BCUT2D eigenvalue weighted by molar-refractivity contribution is 5.76. The van der Waals surface area contributed by atoms with Gasteiger partial charge in [-0.05, 0) is 118 Å². The van der Waals surface area contributed by atoms with Gasteiger partial charge < -0.3 is 19.5 Å². The number of benzene rings is 3. The molecule has 0 heterocycles. The third kappa shape index (κ3) is 7.13. The summed E-state index contributed by atoms with van der Waals surface area (Å²) in [5, 5.41) is 9.46. The lowest BCUT2D eigenvalue weighted by atomic mass is 9.90. The highest BCUT2D eigenvalue weighted by Gasteiger charge is 2.25. The Morgan fingerprint density at radius 2 is 1.59 bits per heavy atom. The topological polar surface area (TPSA) is 76.1 Å². The second-order valence-electron chi connectivity index (χ2n) is 10.3. The number of nitrogens with zero attached hydrogens (tertiary/aromatic N) is 1. The van der Waals surface area contributed by atoms with Gasteiger partial charge in [0.25, 0.3) is 0 Å². The molecule has 0 aliphatic carbocycles. The van der Waals surface area contributed by atoms with Gasteiger partial charge in [-0.3, -0.25) is 4.79 Å². The average Bonchev–Trinajstić information content (AvgIpc) is 2.83. The summed E-state index contributed by atoms with van der Waals surface area (Å²) >= 11 is 0. The largest absolute Gasteiger partial charge is 0.494 e. The molecule has 0 fully saturated rings. The van der Waals surface area contributed by atoms with Crippen LogP contribution in [0.15, 0.2) is 54.6 Å². The normalized spacial score (nSPS) is 11.2. The van der Waals surface area contributed by atoms with E-state index in [4.69, 9.17) is 9.47 Å². The third-order valence-corrected chi connectivity index (χ3v) is 6.47. The van der Waals surface area contributed by atoms with Gasteiger partial charge >= 0.3 is 6.09 Å². The molecule has 3 aromatic rings. The fraction of sp³-hybridized carbons (Fsp3) is 0.355. The molecule has 0 aromatic heterocycles. The van der Waals surface area contributed by atoms with Crippen molar-refractivity contribution >= 4 is 12.4 Å². The number of rotatable bonds is 10. The Hall–Kier alpha value is -3.80. The van der Waals surface area contributed by atoms with Crippen LogP contribution in [0.3, 0.4) is 0 Å². The van der Waals surface area contributed by atoms with Crippen molar-refractivity contribution in [2.75, 3.05) is 13.2 Å². The minimum Gasteiger partial charge on any atom is -0.494 e. The predicted molar refractivity (Wildman–Crippen MR) is 147 cm³/mol. The molecule has 3 aromatic carbocycles. The molecule has 0 saturated carbocycles. The van der Waals surface area contributed by atoms with Crippen molar-refractivity contribution in [1.29, 1.82) is 0 Å². The van der Waals surface area contributed by atoms with Gasteiger partial charge in [-0.15, -0.1) is 0 Å². The number of aldehydes is 1. The van der Waals surface area contributed by atoms with Crippen LogP contribution in [-0.2, 0) is 6.61 Å². The van der Waals surface area contributed by atoms with Crippen LogP contribution < -0.4 is 9.47 Å². The van der Waals surface area contributed by atoms with Gasteiger partial charge in [0.2, 0.25) is 0 Å². The van der Waals surface area contributed by atoms with Gasteiger partial charge in [0, 0.05) is 17.6 Å². The number of ether oxygens (including phenoxy) is 2. The lowest BCUT2D eigenvalue weighted by molar-refractivity contribution is 0.0961. The molecule has 6 nitrogen and oxygen atoms in total. The molecule has 0 saturated heterocycles. The maximum atomic E-state index is 11.5. The van der Waals surface area contributed by atoms with Crippen LogP contribution >= 0.6 is 0 Å². The highest BCUT2D eigenvalue weighted by Crippen LogP contribution is 2.34. The Kier molecular flexibility index (Phi) is 8.98. The Morgan fingerprint density at radius 1 is 0.946 bits per heavy atom. The monoisotopic (exact) mass is 503 g/mol. The first kappa shape index (κ1) is 27.8. The minimum absolute atomic E-state index is 0.421. The molecule has 1 amide bonds. The van der Waals surface area contributed by atoms with E-state index in [1.165, 1.54) is 10.5 Å². The molecular weight excluding hydrogens is 466 g/mol. The van der Waals surface area contributed by atoms with Crippen molar-refractivity contribution in [2.45, 2.75) is 60.1 Å². The molecule has 37 heavy (non-hydrogen) atoms. The number of aryl methyl sites for hydroxylation is 2. The van der Waals surface area contributed by atoms with Gasteiger partial charge in [-0.25, -0.2) is 4.79 Å². The average molecular weight is 504 g/mol. The molecule has 1 N–H and O–H groups in total. The first-order chi connectivity index (χ1) is 17.5. The van der Waals surface area contributed by atoms with Crippen molar-refractivity contribution in [2.24, 2.45) is 0 Å². The quantitative estimate of drug-likeness (QED) is 0.233. The van der Waals surface area contributed by atoms with E-state index >= 15 is 0 Å². The molecule has 0 bridgehead atoms. The van der Waals surface area contributed by atoms with Crippen LogP contribution in [0.5, 0.6) is 11.5 Å². The number of hydrogen-bond acceptors (Lipinski definition) is 4. The van der Waals surface area contributed by atoms with Gasteiger partial charge in [0.1, 0.15) is 24.4 Å². The Balaban J connectivity index is 1.70. The summed E-state index contributed by atoms with van der Waals surface area (Å²) < 4.78 is 12.0. The maximum Gasteiger partial charge on any atom is 0.407 e. The van der Waals surface area contributed by atoms with E-state index in [1.54, 1.807) is 24.3 Å². The molecule has 0 atom stereocenters. The summed E-state index contributed by atoms with van der Waals surface area (Å²) in [5.41, 5.74) is 6.98. The second-order valence-corrected chi connectivity index (χ2v) is 10.3. The van der Waals surface area contributed by atoms with Gasteiger partial charge in [-0.2, -0.15) is 0 Å². The summed E-state index contributed by atoms with van der Waals surface area (Å²) in [6, 6.07) is 17.4. The zero-order valence-electron chi connectivity index (χ0n) is 22.6. The van der Waals surface area contributed by atoms with E-state index in [1.807, 2.05) is 39.0 Å². The molecule has 196 valence electrons. The van der Waals surface area contributed by atoms with E-state index in [9.17, 15) is 14.7 Å². The van der Waals surface area contributed by atoms with Crippen molar-refractivity contribution in [3.63, 3.8) is 0 Å². The molecule has 0 unspecified atom stereocenters. The Morgan fingerprint density at radius 3 is 2.16 bits per heavy atom. The van der Waals surface area contributed by atoms with Crippen LogP contribution in [0.4, 0.5) is 4.79 Å². The van der Waals surface area contributed by atoms with Gasteiger partial charge in [-0.1, -0.05) is 18.2 Å². The maximum absolute atomic E-state index is 11.5. The number of carbonyl (C=O) groups excluding carboxylic acids is 1. The lowest BCUT2D eigenvalue weighted by Gasteiger charge is -2.33. The van der Waals surface area contributed by atoms with Crippen LogP contribution in [0.2, 0.25) is 0 Å². The third-order valence-electron chi connectivity index (χ3n) is 6.47. The number of carboxylic acid groups (broad SMARTS) is 1. The van der Waals surface area contributed by atoms with Crippen molar-refractivity contribution in [1.82, 2.24) is 4.90 Å². The summed E-state index contributed by atoms with van der Waals surface area (Å²) in [6.07, 6.45) is 0.517. The van der Waals surface area contributed by atoms with Crippen LogP contribution in [-0.4, -0.2) is 41.1 Å². The Bertz CT molecular complexity index is 1220. The van der Waals surface area contributed by atoms with Crippen molar-refractivity contribution in [3.05, 3.63) is 82.4 Å². The van der Waals surface area contributed by atoms with Crippen molar-refractivity contribution in [3.8, 4) is 22.6 Å². The molecule has 3 rings (SSSR count). The number of carbonyl (C=O) groups is 2.